The average Bonchev–Trinajstić information content (AvgIpc) is 2.60. The SMILES string of the molecule is COc1ccc(NC(N)=NCCCS(=O)(=O)Cc2ccccc2)cc1. The molecule has 0 saturated carbocycles. The first-order valence-electron chi connectivity index (χ1n) is 7.94. The van der Waals surface area contributed by atoms with Gasteiger partial charge in [-0.25, -0.2) is 8.42 Å². The van der Waals surface area contributed by atoms with E-state index in [1.165, 1.54) is 0 Å². The van der Waals surface area contributed by atoms with E-state index in [9.17, 15) is 8.42 Å². The van der Waals surface area contributed by atoms with Gasteiger partial charge < -0.3 is 15.8 Å². The maximum absolute atomic E-state index is 12.1. The van der Waals surface area contributed by atoms with E-state index in [-0.39, 0.29) is 17.5 Å². The third-order valence-electron chi connectivity index (χ3n) is 3.49. The lowest BCUT2D eigenvalue weighted by molar-refractivity contribution is 0.415. The van der Waals surface area contributed by atoms with Crippen LogP contribution in [0.2, 0.25) is 0 Å². The second-order valence-electron chi connectivity index (χ2n) is 5.55. The number of nitrogens with two attached hydrogens (primary N) is 1. The van der Waals surface area contributed by atoms with Gasteiger partial charge in [0.2, 0.25) is 0 Å². The minimum atomic E-state index is -3.14. The van der Waals surface area contributed by atoms with Gasteiger partial charge in [0, 0.05) is 12.2 Å². The van der Waals surface area contributed by atoms with Crippen LogP contribution in [0.25, 0.3) is 0 Å². The molecule has 6 nitrogen and oxygen atoms in total. The fourth-order valence-corrected chi connectivity index (χ4v) is 3.66. The van der Waals surface area contributed by atoms with E-state index >= 15 is 0 Å². The summed E-state index contributed by atoms with van der Waals surface area (Å²) in [6.45, 7) is 0.350. The van der Waals surface area contributed by atoms with Crippen molar-refractivity contribution in [3.05, 3.63) is 60.2 Å². The summed E-state index contributed by atoms with van der Waals surface area (Å²) in [6.07, 6.45) is 0.431. The summed E-state index contributed by atoms with van der Waals surface area (Å²) in [7, 11) is -1.54. The summed E-state index contributed by atoms with van der Waals surface area (Å²) < 4.78 is 29.3. The molecule has 0 bridgehead atoms. The van der Waals surface area contributed by atoms with Crippen LogP contribution in [0.15, 0.2) is 59.6 Å². The van der Waals surface area contributed by atoms with Gasteiger partial charge in [-0.05, 0) is 36.2 Å². The summed E-state index contributed by atoms with van der Waals surface area (Å²) in [5.74, 6) is 1.15. The van der Waals surface area contributed by atoms with E-state index in [1.807, 2.05) is 54.6 Å². The van der Waals surface area contributed by atoms with Gasteiger partial charge in [0.25, 0.3) is 0 Å². The van der Waals surface area contributed by atoms with Crippen LogP contribution in [-0.2, 0) is 15.6 Å². The number of sulfone groups is 1. The quantitative estimate of drug-likeness (QED) is 0.428. The maximum atomic E-state index is 12.1. The lowest BCUT2D eigenvalue weighted by Gasteiger charge is -2.07. The summed E-state index contributed by atoms with van der Waals surface area (Å²) >= 11 is 0. The number of hydrogen-bond donors (Lipinski definition) is 2. The molecule has 25 heavy (non-hydrogen) atoms. The Morgan fingerprint density at radius 2 is 1.80 bits per heavy atom. The fraction of sp³-hybridized carbons (Fsp3) is 0.278. The Morgan fingerprint density at radius 1 is 1.12 bits per heavy atom. The number of anilines is 1. The van der Waals surface area contributed by atoms with Crippen molar-refractivity contribution in [1.82, 2.24) is 0 Å². The van der Waals surface area contributed by atoms with Crippen molar-refractivity contribution < 1.29 is 13.2 Å². The molecule has 0 aliphatic rings. The number of nitrogens with zero attached hydrogens (tertiary/aromatic N) is 1. The Balaban J connectivity index is 1.77. The number of guanidine groups is 1. The topological polar surface area (TPSA) is 93.8 Å². The van der Waals surface area contributed by atoms with Gasteiger partial charge in [-0.3, -0.25) is 4.99 Å². The number of aliphatic imine (C=N–C) groups is 1. The molecule has 0 heterocycles. The second kappa shape index (κ2) is 9.08. The van der Waals surface area contributed by atoms with Crippen molar-refractivity contribution in [2.45, 2.75) is 12.2 Å². The zero-order valence-corrected chi connectivity index (χ0v) is 15.0. The number of methoxy groups -OCH3 is 1. The van der Waals surface area contributed by atoms with Crippen LogP contribution < -0.4 is 15.8 Å². The molecule has 0 aliphatic carbocycles. The predicted octanol–water partition coefficient (Wildman–Crippen LogP) is 2.43. The predicted molar refractivity (Wildman–Crippen MR) is 102 cm³/mol. The lowest BCUT2D eigenvalue weighted by Crippen LogP contribution is -2.23. The van der Waals surface area contributed by atoms with Crippen LogP contribution in [0.3, 0.4) is 0 Å². The van der Waals surface area contributed by atoms with Crippen LogP contribution in [0.5, 0.6) is 5.75 Å². The fourth-order valence-electron chi connectivity index (χ4n) is 2.25. The molecule has 0 atom stereocenters. The molecule has 0 amide bonds. The molecule has 0 spiro atoms. The number of hydrogen-bond acceptors (Lipinski definition) is 4. The summed E-state index contributed by atoms with van der Waals surface area (Å²) in [6, 6.07) is 16.4. The second-order valence-corrected chi connectivity index (χ2v) is 7.74. The van der Waals surface area contributed by atoms with Gasteiger partial charge in [0.15, 0.2) is 15.8 Å². The maximum Gasteiger partial charge on any atom is 0.193 e. The van der Waals surface area contributed by atoms with Crippen LogP contribution >= 0.6 is 0 Å². The van der Waals surface area contributed by atoms with Gasteiger partial charge in [-0.1, -0.05) is 30.3 Å². The third kappa shape index (κ3) is 6.84. The van der Waals surface area contributed by atoms with E-state index in [1.54, 1.807) is 7.11 Å². The van der Waals surface area contributed by atoms with Crippen LogP contribution in [0, 0.1) is 0 Å². The largest absolute Gasteiger partial charge is 0.497 e. The molecule has 0 fully saturated rings. The van der Waals surface area contributed by atoms with Crippen molar-refractivity contribution in [2.75, 3.05) is 24.7 Å². The molecule has 2 aromatic rings. The molecule has 0 saturated heterocycles. The zero-order chi connectivity index (χ0) is 18.1. The molecule has 0 radical (unpaired) electrons. The minimum absolute atomic E-state index is 0.0527. The molecular weight excluding hydrogens is 338 g/mol. The lowest BCUT2D eigenvalue weighted by atomic mass is 10.2. The average molecular weight is 361 g/mol. The molecule has 134 valence electrons. The van der Waals surface area contributed by atoms with E-state index in [4.69, 9.17) is 10.5 Å². The summed E-state index contributed by atoms with van der Waals surface area (Å²) in [5, 5.41) is 2.95. The van der Waals surface area contributed by atoms with Crippen molar-refractivity contribution in [3.8, 4) is 5.75 Å². The molecular formula is C18H23N3O3S. The first-order chi connectivity index (χ1) is 12.0. The molecule has 7 heteroatoms. The van der Waals surface area contributed by atoms with Crippen molar-refractivity contribution in [1.29, 1.82) is 0 Å². The number of nitrogens with one attached hydrogen (secondary N) is 1. The van der Waals surface area contributed by atoms with E-state index < -0.39 is 9.84 Å². The number of benzene rings is 2. The van der Waals surface area contributed by atoms with Gasteiger partial charge in [-0.15, -0.1) is 0 Å². The highest BCUT2D eigenvalue weighted by Crippen LogP contribution is 2.14. The highest BCUT2D eigenvalue weighted by molar-refractivity contribution is 7.90. The van der Waals surface area contributed by atoms with Crippen molar-refractivity contribution >= 4 is 21.5 Å². The Labute approximate surface area is 148 Å². The first kappa shape index (κ1) is 18.8. The smallest absolute Gasteiger partial charge is 0.193 e. The highest BCUT2D eigenvalue weighted by Gasteiger charge is 2.11. The zero-order valence-electron chi connectivity index (χ0n) is 14.2. The standard InChI is InChI=1S/C18H23N3O3S/c1-24-17-10-8-16(9-11-17)21-18(19)20-12-5-13-25(22,23)14-15-6-3-2-4-7-15/h2-4,6-11H,5,12-14H2,1H3,(H3,19,20,21). The summed E-state index contributed by atoms with van der Waals surface area (Å²) in [5.41, 5.74) is 7.40. The van der Waals surface area contributed by atoms with Gasteiger partial charge >= 0.3 is 0 Å². The normalized spacial score (nSPS) is 12.0. The monoisotopic (exact) mass is 361 g/mol. The van der Waals surface area contributed by atoms with Crippen molar-refractivity contribution in [3.63, 3.8) is 0 Å². The van der Waals surface area contributed by atoms with E-state index in [0.29, 0.717) is 13.0 Å². The van der Waals surface area contributed by atoms with Crippen LogP contribution in [-0.4, -0.2) is 33.8 Å². The van der Waals surface area contributed by atoms with Crippen molar-refractivity contribution in [2.24, 2.45) is 10.7 Å². The molecule has 2 rings (SSSR count). The number of rotatable bonds is 8. The molecule has 0 unspecified atom stereocenters. The first-order valence-corrected chi connectivity index (χ1v) is 9.76. The molecule has 3 N–H and O–H groups in total. The van der Waals surface area contributed by atoms with Gasteiger partial charge in [0.05, 0.1) is 18.6 Å². The third-order valence-corrected chi connectivity index (χ3v) is 5.17. The number of ether oxygens (including phenoxy) is 1. The van der Waals surface area contributed by atoms with Crippen LogP contribution in [0.1, 0.15) is 12.0 Å². The van der Waals surface area contributed by atoms with Gasteiger partial charge in [-0.2, -0.15) is 0 Å². The Morgan fingerprint density at radius 3 is 2.44 bits per heavy atom. The van der Waals surface area contributed by atoms with Gasteiger partial charge in [0.1, 0.15) is 5.75 Å². The highest BCUT2D eigenvalue weighted by atomic mass is 32.2. The van der Waals surface area contributed by atoms with E-state index in [0.717, 1.165) is 17.0 Å². The van der Waals surface area contributed by atoms with Crippen LogP contribution in [0.4, 0.5) is 5.69 Å². The minimum Gasteiger partial charge on any atom is -0.497 e. The summed E-state index contributed by atoms with van der Waals surface area (Å²) in [4.78, 5) is 4.16. The molecule has 2 aromatic carbocycles. The Bertz CT molecular complexity index is 788. The Kier molecular flexibility index (Phi) is 6.82. The molecule has 0 aromatic heterocycles. The molecule has 0 aliphatic heterocycles. The Hall–Kier alpha value is -2.54. The van der Waals surface area contributed by atoms with E-state index in [2.05, 4.69) is 10.3 Å².